The van der Waals surface area contributed by atoms with Gasteiger partial charge in [-0.2, -0.15) is 11.8 Å². The van der Waals surface area contributed by atoms with Gasteiger partial charge in [-0.05, 0) is 17.7 Å². The first-order chi connectivity index (χ1) is 11.8. The maximum absolute atomic E-state index is 5.45. The van der Waals surface area contributed by atoms with Crippen LogP contribution in [-0.2, 0) is 6.54 Å². The molecule has 2 aliphatic rings. The van der Waals surface area contributed by atoms with Crippen LogP contribution in [0.5, 0.6) is 11.5 Å². The number of rotatable bonds is 5. The summed E-state index contributed by atoms with van der Waals surface area (Å²) in [6.45, 7) is 5.46. The van der Waals surface area contributed by atoms with Crippen LogP contribution in [0.15, 0.2) is 23.2 Å². The van der Waals surface area contributed by atoms with Gasteiger partial charge in [-0.1, -0.05) is 6.07 Å². The van der Waals surface area contributed by atoms with Crippen LogP contribution in [-0.4, -0.2) is 74.3 Å². The van der Waals surface area contributed by atoms with Gasteiger partial charge in [0.25, 0.3) is 0 Å². The molecule has 0 spiro atoms. The molecule has 24 heavy (non-hydrogen) atoms. The number of hydrogen-bond donors (Lipinski definition) is 1. The van der Waals surface area contributed by atoms with E-state index in [1.807, 2.05) is 30.9 Å². The fourth-order valence-electron chi connectivity index (χ4n) is 2.92. The van der Waals surface area contributed by atoms with Gasteiger partial charge in [-0.15, -0.1) is 0 Å². The smallest absolute Gasteiger partial charge is 0.231 e. The third-order valence-electron chi connectivity index (χ3n) is 4.24. The van der Waals surface area contributed by atoms with Crippen LogP contribution < -0.4 is 14.8 Å². The van der Waals surface area contributed by atoms with E-state index in [1.54, 1.807) is 0 Å². The first-order valence-corrected chi connectivity index (χ1v) is 9.52. The second-order valence-electron chi connectivity index (χ2n) is 5.97. The first kappa shape index (κ1) is 17.2. The van der Waals surface area contributed by atoms with E-state index in [9.17, 15) is 0 Å². The minimum Gasteiger partial charge on any atom is -0.454 e. The monoisotopic (exact) mass is 350 g/mol. The van der Waals surface area contributed by atoms with Gasteiger partial charge in [-0.3, -0.25) is 9.89 Å². The lowest BCUT2D eigenvalue weighted by Crippen LogP contribution is -2.43. The highest BCUT2D eigenvalue weighted by Crippen LogP contribution is 2.32. The molecule has 2 heterocycles. The molecule has 6 nitrogen and oxygen atoms in total. The maximum atomic E-state index is 5.45. The molecule has 1 aromatic carbocycles. The Hall–Kier alpha value is -1.60. The van der Waals surface area contributed by atoms with Crippen LogP contribution >= 0.6 is 11.8 Å². The highest BCUT2D eigenvalue weighted by atomic mass is 32.2. The number of ether oxygens (including phenoxy) is 2. The predicted molar refractivity (Wildman–Crippen MR) is 99.2 cm³/mol. The fraction of sp³-hybridized carbons (Fsp3) is 0.588. The molecule has 1 fully saturated rings. The van der Waals surface area contributed by atoms with Gasteiger partial charge in [0.15, 0.2) is 17.5 Å². The molecule has 0 aliphatic carbocycles. The molecule has 0 atom stereocenters. The third-order valence-corrected chi connectivity index (χ3v) is 5.19. The number of fused-ring (bicyclic) bond motifs is 1. The molecule has 1 N–H and O–H groups in total. The Labute approximate surface area is 148 Å². The Morgan fingerprint density at radius 3 is 2.88 bits per heavy atom. The molecule has 7 heteroatoms. The van der Waals surface area contributed by atoms with E-state index in [0.717, 1.165) is 37.1 Å². The highest BCUT2D eigenvalue weighted by Gasteiger charge is 2.15. The molecule has 0 amide bonds. The molecule has 1 aromatic rings. The van der Waals surface area contributed by atoms with Crippen molar-refractivity contribution in [3.63, 3.8) is 0 Å². The largest absolute Gasteiger partial charge is 0.454 e. The molecular formula is C17H26N4O2S. The second kappa shape index (κ2) is 8.48. The average molecular weight is 350 g/mol. The van der Waals surface area contributed by atoms with Crippen molar-refractivity contribution in [3.8, 4) is 11.5 Å². The third kappa shape index (κ3) is 4.48. The summed E-state index contributed by atoms with van der Waals surface area (Å²) in [5.41, 5.74) is 1.18. The molecule has 132 valence electrons. The van der Waals surface area contributed by atoms with Crippen molar-refractivity contribution in [3.05, 3.63) is 23.8 Å². The van der Waals surface area contributed by atoms with E-state index < -0.39 is 0 Å². The van der Waals surface area contributed by atoms with E-state index in [1.165, 1.54) is 30.2 Å². The van der Waals surface area contributed by atoms with Crippen molar-refractivity contribution in [2.24, 2.45) is 4.99 Å². The number of thioether (sulfide) groups is 1. The van der Waals surface area contributed by atoms with Crippen molar-refractivity contribution in [1.29, 1.82) is 0 Å². The number of nitrogens with one attached hydrogen (secondary N) is 1. The van der Waals surface area contributed by atoms with Crippen molar-refractivity contribution in [2.75, 3.05) is 58.6 Å². The van der Waals surface area contributed by atoms with E-state index in [-0.39, 0.29) is 0 Å². The van der Waals surface area contributed by atoms with Crippen LogP contribution in [0.2, 0.25) is 0 Å². The predicted octanol–water partition coefficient (Wildman–Crippen LogP) is 1.47. The zero-order chi connectivity index (χ0) is 16.8. The molecule has 1 saturated heterocycles. The number of aliphatic imine (C=N–C) groups is 1. The van der Waals surface area contributed by atoms with Crippen LogP contribution in [0, 0.1) is 0 Å². The normalized spacial score (nSPS) is 17.8. The van der Waals surface area contributed by atoms with Crippen molar-refractivity contribution in [2.45, 2.75) is 6.54 Å². The average Bonchev–Trinajstić information content (AvgIpc) is 3.07. The number of guanidine groups is 1. The SMILES string of the molecule is CN=C(NCCN1CCSCC1)N(C)Cc1ccc2c(c1)OCO2. The lowest BCUT2D eigenvalue weighted by Gasteiger charge is -2.27. The summed E-state index contributed by atoms with van der Waals surface area (Å²) in [5.74, 6) is 5.06. The Morgan fingerprint density at radius 1 is 1.29 bits per heavy atom. The Balaban J connectivity index is 1.47. The topological polar surface area (TPSA) is 49.3 Å². The second-order valence-corrected chi connectivity index (χ2v) is 7.20. The Bertz CT molecular complexity index is 576. The Kier molecular flexibility index (Phi) is 6.09. The minimum atomic E-state index is 0.312. The minimum absolute atomic E-state index is 0.312. The van der Waals surface area contributed by atoms with Crippen LogP contribution in [0.4, 0.5) is 0 Å². The van der Waals surface area contributed by atoms with Crippen molar-refractivity contribution in [1.82, 2.24) is 15.1 Å². The quantitative estimate of drug-likeness (QED) is 0.641. The summed E-state index contributed by atoms with van der Waals surface area (Å²) in [6, 6.07) is 6.08. The fourth-order valence-corrected chi connectivity index (χ4v) is 3.90. The van der Waals surface area contributed by atoms with Crippen molar-refractivity contribution >= 4 is 17.7 Å². The van der Waals surface area contributed by atoms with Gasteiger partial charge >= 0.3 is 0 Å². The summed E-state index contributed by atoms with van der Waals surface area (Å²) in [7, 11) is 3.88. The van der Waals surface area contributed by atoms with Crippen LogP contribution in [0.25, 0.3) is 0 Å². The summed E-state index contributed by atoms with van der Waals surface area (Å²) in [5, 5.41) is 3.46. The summed E-state index contributed by atoms with van der Waals surface area (Å²) in [6.07, 6.45) is 0. The Morgan fingerprint density at radius 2 is 2.08 bits per heavy atom. The molecule has 0 saturated carbocycles. The van der Waals surface area contributed by atoms with Crippen LogP contribution in [0.3, 0.4) is 0 Å². The lowest BCUT2D eigenvalue weighted by atomic mass is 10.2. The van der Waals surface area contributed by atoms with Gasteiger partial charge in [0.1, 0.15) is 0 Å². The van der Waals surface area contributed by atoms with E-state index in [2.05, 4.69) is 33.2 Å². The lowest BCUT2D eigenvalue weighted by molar-refractivity contribution is 0.174. The van der Waals surface area contributed by atoms with Gasteiger partial charge in [-0.25, -0.2) is 0 Å². The number of hydrogen-bond acceptors (Lipinski definition) is 5. The molecule has 3 rings (SSSR count). The van der Waals surface area contributed by atoms with E-state index >= 15 is 0 Å². The molecular weight excluding hydrogens is 324 g/mol. The zero-order valence-corrected chi connectivity index (χ0v) is 15.3. The van der Waals surface area contributed by atoms with Gasteiger partial charge in [0.2, 0.25) is 6.79 Å². The van der Waals surface area contributed by atoms with Gasteiger partial charge in [0, 0.05) is 58.3 Å². The maximum Gasteiger partial charge on any atom is 0.231 e. The van der Waals surface area contributed by atoms with E-state index in [0.29, 0.717) is 6.79 Å². The number of nitrogens with zero attached hydrogens (tertiary/aromatic N) is 3. The summed E-state index contributed by atoms with van der Waals surface area (Å²) in [4.78, 5) is 9.03. The molecule has 0 unspecified atom stereocenters. The first-order valence-electron chi connectivity index (χ1n) is 8.36. The molecule has 0 radical (unpaired) electrons. The standard InChI is InChI=1S/C17H26N4O2S/c1-18-17(19-5-6-21-7-9-24-10-8-21)20(2)12-14-3-4-15-16(11-14)23-13-22-15/h3-4,11H,5-10,12-13H2,1-2H3,(H,18,19). The summed E-state index contributed by atoms with van der Waals surface area (Å²) < 4.78 is 10.8. The highest BCUT2D eigenvalue weighted by molar-refractivity contribution is 7.99. The zero-order valence-electron chi connectivity index (χ0n) is 14.5. The molecule has 0 bridgehead atoms. The van der Waals surface area contributed by atoms with E-state index in [4.69, 9.17) is 9.47 Å². The van der Waals surface area contributed by atoms with Crippen molar-refractivity contribution < 1.29 is 9.47 Å². The summed E-state index contributed by atoms with van der Waals surface area (Å²) >= 11 is 2.04. The molecule has 2 aliphatic heterocycles. The van der Waals surface area contributed by atoms with Gasteiger partial charge in [0.05, 0.1) is 0 Å². The number of benzene rings is 1. The molecule has 0 aromatic heterocycles. The van der Waals surface area contributed by atoms with Gasteiger partial charge < -0.3 is 19.7 Å². The van der Waals surface area contributed by atoms with Crippen LogP contribution in [0.1, 0.15) is 5.56 Å².